The van der Waals surface area contributed by atoms with Gasteiger partial charge in [-0.15, -0.1) is 0 Å². The summed E-state index contributed by atoms with van der Waals surface area (Å²) in [5.41, 5.74) is 3.78. The lowest BCUT2D eigenvalue weighted by molar-refractivity contribution is -0.385. The highest BCUT2D eigenvalue weighted by Crippen LogP contribution is 2.31. The first kappa shape index (κ1) is 23.4. The molecule has 1 N–H and O–H groups in total. The van der Waals surface area contributed by atoms with Gasteiger partial charge in [0.15, 0.2) is 12.4 Å². The number of aromatic nitrogens is 2. The van der Waals surface area contributed by atoms with Crippen LogP contribution in [0.25, 0.3) is 6.08 Å². The topological polar surface area (TPSA) is 107 Å². The third-order valence-electron chi connectivity index (χ3n) is 5.39. The van der Waals surface area contributed by atoms with Crippen molar-refractivity contribution in [2.75, 3.05) is 6.61 Å². The average Bonchev–Trinajstić information content (AvgIpc) is 3.32. The number of ether oxygens (including phenoxy) is 1. The molecule has 1 heterocycles. The second-order valence-corrected chi connectivity index (χ2v) is 7.82. The number of benzene rings is 3. The first-order chi connectivity index (χ1) is 17.0. The highest BCUT2D eigenvalue weighted by atomic mass is 16.6. The molecule has 176 valence electrons. The van der Waals surface area contributed by atoms with Crippen LogP contribution in [0.5, 0.6) is 5.75 Å². The van der Waals surface area contributed by atoms with Gasteiger partial charge in [0.1, 0.15) is 0 Å². The average molecular weight is 469 g/mol. The van der Waals surface area contributed by atoms with E-state index in [1.165, 1.54) is 23.3 Å². The summed E-state index contributed by atoms with van der Waals surface area (Å²) in [5, 5.41) is 24.5. The maximum Gasteiger partial charge on any atom is 0.341 e. The van der Waals surface area contributed by atoms with Crippen molar-refractivity contribution in [2.24, 2.45) is 0 Å². The number of allylic oxidation sites excluding steroid dienone is 1. The van der Waals surface area contributed by atoms with Gasteiger partial charge in [0, 0.05) is 23.7 Å². The SMILES string of the molecule is O=C(O)COc1cc(/C=C/Cn2cc(C(c3ccccc3)c3ccccc3)cn2)ccc1[N+](=O)[O-]. The number of hydrogen-bond donors (Lipinski definition) is 1. The zero-order chi connectivity index (χ0) is 24.6. The molecular formula is C27H23N3O5. The largest absolute Gasteiger partial charge is 0.479 e. The Labute approximate surface area is 201 Å². The summed E-state index contributed by atoms with van der Waals surface area (Å²) < 4.78 is 6.90. The van der Waals surface area contributed by atoms with Crippen molar-refractivity contribution >= 4 is 17.7 Å². The molecular weight excluding hydrogens is 446 g/mol. The molecule has 1 aromatic heterocycles. The van der Waals surface area contributed by atoms with Gasteiger partial charge in [-0.2, -0.15) is 5.10 Å². The zero-order valence-corrected chi connectivity index (χ0v) is 18.7. The number of rotatable bonds is 10. The second kappa shape index (κ2) is 10.9. The molecule has 0 fully saturated rings. The predicted molar refractivity (Wildman–Crippen MR) is 131 cm³/mol. The van der Waals surface area contributed by atoms with Crippen LogP contribution in [-0.2, 0) is 11.3 Å². The zero-order valence-electron chi connectivity index (χ0n) is 18.7. The summed E-state index contributed by atoms with van der Waals surface area (Å²) >= 11 is 0. The molecule has 4 aromatic rings. The Morgan fingerprint density at radius 3 is 2.29 bits per heavy atom. The Morgan fingerprint density at radius 1 is 1.03 bits per heavy atom. The summed E-state index contributed by atoms with van der Waals surface area (Å²) in [6.07, 6.45) is 7.53. The van der Waals surface area contributed by atoms with Crippen molar-refractivity contribution in [1.29, 1.82) is 0 Å². The van der Waals surface area contributed by atoms with Crippen LogP contribution in [0.3, 0.4) is 0 Å². The molecule has 35 heavy (non-hydrogen) atoms. The molecule has 0 saturated heterocycles. The number of nitro groups is 1. The predicted octanol–water partition coefficient (Wildman–Crippen LogP) is 5.15. The number of hydrogen-bond acceptors (Lipinski definition) is 5. The van der Waals surface area contributed by atoms with Crippen molar-refractivity contribution in [2.45, 2.75) is 12.5 Å². The molecule has 0 atom stereocenters. The molecule has 0 amide bonds. The molecule has 0 saturated carbocycles. The standard InChI is InChI=1S/C27H23N3O5/c31-26(32)19-35-25-16-20(13-14-24(25)30(33)34)8-7-15-29-18-23(17-28-29)27(21-9-3-1-4-10-21)22-11-5-2-6-12-22/h1-14,16-18,27H,15,19H2,(H,31,32)/b8-7+. The lowest BCUT2D eigenvalue weighted by Crippen LogP contribution is -2.10. The Kier molecular flexibility index (Phi) is 7.32. The third kappa shape index (κ3) is 6.00. The molecule has 0 aliphatic rings. The molecule has 3 aromatic carbocycles. The van der Waals surface area contributed by atoms with Gasteiger partial charge in [-0.05, 0) is 28.8 Å². The summed E-state index contributed by atoms with van der Waals surface area (Å²) in [6, 6.07) is 24.8. The molecule has 8 nitrogen and oxygen atoms in total. The van der Waals surface area contributed by atoms with E-state index in [0.29, 0.717) is 12.1 Å². The van der Waals surface area contributed by atoms with Crippen molar-refractivity contribution in [3.8, 4) is 5.75 Å². The monoisotopic (exact) mass is 469 g/mol. The Bertz CT molecular complexity index is 1290. The highest BCUT2D eigenvalue weighted by molar-refractivity contribution is 5.69. The molecule has 0 spiro atoms. The van der Waals surface area contributed by atoms with Crippen molar-refractivity contribution in [3.63, 3.8) is 0 Å². The summed E-state index contributed by atoms with van der Waals surface area (Å²) in [6.45, 7) is -0.174. The minimum absolute atomic E-state index is 0.0544. The number of aliphatic carboxylic acids is 1. The molecule has 0 unspecified atom stereocenters. The van der Waals surface area contributed by atoms with Gasteiger partial charge in [0.25, 0.3) is 0 Å². The smallest absolute Gasteiger partial charge is 0.341 e. The molecule has 0 bridgehead atoms. The van der Waals surface area contributed by atoms with Crippen LogP contribution >= 0.6 is 0 Å². The van der Waals surface area contributed by atoms with Crippen LogP contribution in [0.1, 0.15) is 28.2 Å². The minimum atomic E-state index is -1.21. The molecule has 0 aliphatic carbocycles. The summed E-state index contributed by atoms with van der Waals surface area (Å²) in [5.74, 6) is -1.24. The fourth-order valence-electron chi connectivity index (χ4n) is 3.83. The summed E-state index contributed by atoms with van der Waals surface area (Å²) in [7, 11) is 0. The van der Waals surface area contributed by atoms with E-state index in [2.05, 4.69) is 29.4 Å². The molecule has 0 radical (unpaired) electrons. The van der Waals surface area contributed by atoms with E-state index in [1.807, 2.05) is 59.5 Å². The number of nitrogens with zero attached hydrogens (tertiary/aromatic N) is 3. The number of carboxylic acid groups (broad SMARTS) is 1. The highest BCUT2D eigenvalue weighted by Gasteiger charge is 2.18. The van der Waals surface area contributed by atoms with E-state index in [0.717, 1.165) is 5.56 Å². The van der Waals surface area contributed by atoms with Gasteiger partial charge in [-0.3, -0.25) is 14.8 Å². The van der Waals surface area contributed by atoms with Crippen LogP contribution in [0, 0.1) is 10.1 Å². The van der Waals surface area contributed by atoms with Crippen LogP contribution in [0.4, 0.5) is 5.69 Å². The van der Waals surface area contributed by atoms with Crippen molar-refractivity contribution in [3.05, 3.63) is 130 Å². The van der Waals surface area contributed by atoms with E-state index < -0.39 is 17.5 Å². The van der Waals surface area contributed by atoms with Gasteiger partial charge < -0.3 is 9.84 Å². The fourth-order valence-corrected chi connectivity index (χ4v) is 3.83. The lowest BCUT2D eigenvalue weighted by Gasteiger charge is -2.16. The second-order valence-electron chi connectivity index (χ2n) is 7.82. The van der Waals surface area contributed by atoms with Gasteiger partial charge >= 0.3 is 11.7 Å². The first-order valence-corrected chi connectivity index (χ1v) is 10.9. The number of carboxylic acids is 1. The quantitative estimate of drug-likeness (QED) is 0.254. The minimum Gasteiger partial charge on any atom is -0.479 e. The Morgan fingerprint density at radius 2 is 1.69 bits per heavy atom. The Balaban J connectivity index is 1.52. The number of carbonyl (C=O) groups is 1. The van der Waals surface area contributed by atoms with Crippen LogP contribution < -0.4 is 4.74 Å². The maximum atomic E-state index is 11.2. The van der Waals surface area contributed by atoms with Gasteiger partial charge in [0.05, 0.1) is 17.7 Å². The van der Waals surface area contributed by atoms with Gasteiger partial charge in [0.2, 0.25) is 0 Å². The maximum absolute atomic E-state index is 11.2. The van der Waals surface area contributed by atoms with Gasteiger partial charge in [-0.1, -0.05) is 72.8 Å². The Hall–Kier alpha value is -4.72. The summed E-state index contributed by atoms with van der Waals surface area (Å²) in [4.78, 5) is 21.4. The van der Waals surface area contributed by atoms with Crippen LogP contribution in [-0.4, -0.2) is 32.4 Å². The van der Waals surface area contributed by atoms with E-state index in [9.17, 15) is 14.9 Å². The van der Waals surface area contributed by atoms with Gasteiger partial charge in [-0.25, -0.2) is 4.79 Å². The lowest BCUT2D eigenvalue weighted by atomic mass is 9.87. The molecule has 8 heteroatoms. The normalized spacial score (nSPS) is 11.1. The third-order valence-corrected chi connectivity index (χ3v) is 5.39. The fraction of sp³-hybridized carbons (Fsp3) is 0.111. The van der Waals surface area contributed by atoms with Crippen LogP contribution in [0.15, 0.2) is 97.3 Å². The van der Waals surface area contributed by atoms with E-state index in [4.69, 9.17) is 9.84 Å². The van der Waals surface area contributed by atoms with E-state index in [-0.39, 0.29) is 17.4 Å². The number of nitro benzene ring substituents is 1. The van der Waals surface area contributed by atoms with E-state index in [1.54, 1.807) is 12.1 Å². The van der Waals surface area contributed by atoms with Crippen molar-refractivity contribution < 1.29 is 19.6 Å². The van der Waals surface area contributed by atoms with Crippen LogP contribution in [0.2, 0.25) is 0 Å². The van der Waals surface area contributed by atoms with Crippen molar-refractivity contribution in [1.82, 2.24) is 9.78 Å². The van der Waals surface area contributed by atoms with E-state index >= 15 is 0 Å². The molecule has 4 rings (SSSR count). The first-order valence-electron chi connectivity index (χ1n) is 10.9. The molecule has 0 aliphatic heterocycles.